The van der Waals surface area contributed by atoms with Crippen molar-refractivity contribution >= 4 is 28.8 Å². The van der Waals surface area contributed by atoms with Crippen molar-refractivity contribution in [1.29, 1.82) is 0 Å². The van der Waals surface area contributed by atoms with E-state index in [1.54, 1.807) is 0 Å². The standard InChI is InChI=1S/C14H18ClN3S/c1-4-5-12-13(15)17-8-18-14(12)16-7-11-6-9(2)10(3)19-11/h6,8H,4-5,7H2,1-3H3,(H,16,17,18). The minimum atomic E-state index is 0.554. The number of thiophene rings is 1. The van der Waals surface area contributed by atoms with Gasteiger partial charge in [-0.2, -0.15) is 0 Å². The summed E-state index contributed by atoms with van der Waals surface area (Å²) in [6.45, 7) is 7.19. The van der Waals surface area contributed by atoms with E-state index in [4.69, 9.17) is 11.6 Å². The van der Waals surface area contributed by atoms with Gasteiger partial charge in [-0.15, -0.1) is 11.3 Å². The lowest BCUT2D eigenvalue weighted by molar-refractivity contribution is 0.898. The fourth-order valence-corrected chi connectivity index (χ4v) is 3.14. The monoisotopic (exact) mass is 295 g/mol. The summed E-state index contributed by atoms with van der Waals surface area (Å²) in [5.41, 5.74) is 2.35. The van der Waals surface area contributed by atoms with Crippen LogP contribution in [0.15, 0.2) is 12.4 Å². The molecule has 0 aliphatic rings. The lowest BCUT2D eigenvalue weighted by Crippen LogP contribution is -2.05. The van der Waals surface area contributed by atoms with Gasteiger partial charge >= 0.3 is 0 Å². The summed E-state index contributed by atoms with van der Waals surface area (Å²) in [5, 5.41) is 3.92. The second-order valence-corrected chi connectivity index (χ2v) is 6.25. The van der Waals surface area contributed by atoms with Crippen LogP contribution in [0.4, 0.5) is 5.82 Å². The van der Waals surface area contributed by atoms with Crippen LogP contribution in [-0.2, 0) is 13.0 Å². The summed E-state index contributed by atoms with van der Waals surface area (Å²) in [7, 11) is 0. The zero-order chi connectivity index (χ0) is 13.8. The number of hydrogen-bond acceptors (Lipinski definition) is 4. The molecule has 0 aromatic carbocycles. The molecule has 0 atom stereocenters. The smallest absolute Gasteiger partial charge is 0.137 e. The van der Waals surface area contributed by atoms with Gasteiger partial charge in [0.25, 0.3) is 0 Å². The van der Waals surface area contributed by atoms with Gasteiger partial charge in [0, 0.05) is 15.3 Å². The number of rotatable bonds is 5. The number of aryl methyl sites for hydroxylation is 2. The molecule has 1 N–H and O–H groups in total. The van der Waals surface area contributed by atoms with Gasteiger partial charge in [-0.1, -0.05) is 24.9 Å². The number of nitrogens with one attached hydrogen (secondary N) is 1. The molecule has 0 fully saturated rings. The average Bonchev–Trinajstić information content (AvgIpc) is 2.70. The quantitative estimate of drug-likeness (QED) is 0.832. The average molecular weight is 296 g/mol. The van der Waals surface area contributed by atoms with E-state index >= 15 is 0 Å². The van der Waals surface area contributed by atoms with E-state index in [0.717, 1.165) is 30.8 Å². The fraction of sp³-hybridized carbons (Fsp3) is 0.429. The molecule has 0 saturated carbocycles. The Balaban J connectivity index is 2.12. The van der Waals surface area contributed by atoms with Crippen LogP contribution in [0.1, 0.15) is 34.2 Å². The maximum atomic E-state index is 6.13. The molecule has 19 heavy (non-hydrogen) atoms. The zero-order valence-corrected chi connectivity index (χ0v) is 13.0. The molecule has 0 radical (unpaired) electrons. The van der Waals surface area contributed by atoms with E-state index in [9.17, 15) is 0 Å². The van der Waals surface area contributed by atoms with E-state index in [2.05, 4.69) is 42.1 Å². The number of nitrogens with zero attached hydrogens (tertiary/aromatic N) is 2. The SMILES string of the molecule is CCCc1c(Cl)ncnc1NCc1cc(C)c(C)s1. The Morgan fingerprint density at radius 1 is 1.32 bits per heavy atom. The van der Waals surface area contributed by atoms with Gasteiger partial charge in [-0.25, -0.2) is 9.97 Å². The van der Waals surface area contributed by atoms with Crippen LogP contribution in [-0.4, -0.2) is 9.97 Å². The number of halogens is 1. The van der Waals surface area contributed by atoms with Gasteiger partial charge in [0.15, 0.2) is 0 Å². The molecule has 0 spiro atoms. The van der Waals surface area contributed by atoms with Crippen molar-refractivity contribution < 1.29 is 0 Å². The van der Waals surface area contributed by atoms with Crippen molar-refractivity contribution in [2.75, 3.05) is 5.32 Å². The first-order valence-corrected chi connectivity index (χ1v) is 7.60. The topological polar surface area (TPSA) is 37.8 Å². The molecule has 2 aromatic heterocycles. The Bertz CT molecular complexity index is 546. The molecule has 5 heteroatoms. The Morgan fingerprint density at radius 3 is 2.74 bits per heavy atom. The molecule has 3 nitrogen and oxygen atoms in total. The maximum absolute atomic E-state index is 6.13. The predicted octanol–water partition coefficient (Wildman–Crippen LogP) is 4.37. The third kappa shape index (κ3) is 3.45. The van der Waals surface area contributed by atoms with Crippen molar-refractivity contribution in [3.05, 3.63) is 38.4 Å². The van der Waals surface area contributed by atoms with Gasteiger partial charge < -0.3 is 5.32 Å². The molecule has 2 aromatic rings. The first kappa shape index (κ1) is 14.3. The molecular formula is C14H18ClN3S. The van der Waals surface area contributed by atoms with Crippen LogP contribution in [0, 0.1) is 13.8 Å². The molecule has 0 aliphatic heterocycles. The first-order valence-electron chi connectivity index (χ1n) is 6.41. The minimum Gasteiger partial charge on any atom is -0.365 e. The third-order valence-electron chi connectivity index (χ3n) is 3.04. The first-order chi connectivity index (χ1) is 9.11. The molecule has 2 heterocycles. The van der Waals surface area contributed by atoms with Crippen LogP contribution < -0.4 is 5.32 Å². The van der Waals surface area contributed by atoms with Crippen LogP contribution in [0.25, 0.3) is 0 Å². The molecule has 2 rings (SSSR count). The normalized spacial score (nSPS) is 10.7. The second kappa shape index (κ2) is 6.35. The van der Waals surface area contributed by atoms with Crippen molar-refractivity contribution in [1.82, 2.24) is 9.97 Å². The highest BCUT2D eigenvalue weighted by Crippen LogP contribution is 2.24. The number of hydrogen-bond donors (Lipinski definition) is 1. The van der Waals surface area contributed by atoms with Gasteiger partial charge in [-0.3, -0.25) is 0 Å². The number of anilines is 1. The van der Waals surface area contributed by atoms with Gasteiger partial charge in [-0.05, 0) is 31.9 Å². The van der Waals surface area contributed by atoms with Crippen molar-refractivity contribution in [3.63, 3.8) is 0 Å². The van der Waals surface area contributed by atoms with Crippen LogP contribution in [0.2, 0.25) is 5.15 Å². The van der Waals surface area contributed by atoms with E-state index in [1.165, 1.54) is 21.6 Å². The predicted molar refractivity (Wildman–Crippen MR) is 82.2 cm³/mol. The van der Waals surface area contributed by atoms with E-state index in [-0.39, 0.29) is 0 Å². The fourth-order valence-electron chi connectivity index (χ4n) is 1.92. The molecule has 0 saturated heterocycles. The van der Waals surface area contributed by atoms with Crippen LogP contribution >= 0.6 is 22.9 Å². The second-order valence-electron chi connectivity index (χ2n) is 4.55. The molecule has 0 unspecified atom stereocenters. The molecule has 0 amide bonds. The molecule has 102 valence electrons. The third-order valence-corrected chi connectivity index (χ3v) is 4.52. The van der Waals surface area contributed by atoms with E-state index in [1.807, 2.05) is 11.3 Å². The Labute approximate surface area is 123 Å². The minimum absolute atomic E-state index is 0.554. The lowest BCUT2D eigenvalue weighted by atomic mass is 10.2. The summed E-state index contributed by atoms with van der Waals surface area (Å²) in [4.78, 5) is 11.0. The molecule has 0 aliphatic carbocycles. The van der Waals surface area contributed by atoms with Gasteiger partial charge in [0.2, 0.25) is 0 Å². The molecular weight excluding hydrogens is 278 g/mol. The molecule has 0 bridgehead atoms. The van der Waals surface area contributed by atoms with Crippen LogP contribution in [0.3, 0.4) is 0 Å². The van der Waals surface area contributed by atoms with Crippen molar-refractivity contribution in [2.45, 2.75) is 40.2 Å². The largest absolute Gasteiger partial charge is 0.365 e. The summed E-state index contributed by atoms with van der Waals surface area (Å²) in [6.07, 6.45) is 3.43. The van der Waals surface area contributed by atoms with Crippen LogP contribution in [0.5, 0.6) is 0 Å². The zero-order valence-electron chi connectivity index (χ0n) is 11.5. The highest BCUT2D eigenvalue weighted by atomic mass is 35.5. The Hall–Kier alpha value is -1.13. The Morgan fingerprint density at radius 2 is 2.11 bits per heavy atom. The van der Waals surface area contributed by atoms with E-state index < -0.39 is 0 Å². The maximum Gasteiger partial charge on any atom is 0.137 e. The highest BCUT2D eigenvalue weighted by Gasteiger charge is 2.09. The number of aromatic nitrogens is 2. The van der Waals surface area contributed by atoms with Gasteiger partial charge in [0.1, 0.15) is 17.3 Å². The summed E-state index contributed by atoms with van der Waals surface area (Å²) in [6, 6.07) is 2.22. The summed E-state index contributed by atoms with van der Waals surface area (Å²) in [5.74, 6) is 0.852. The van der Waals surface area contributed by atoms with E-state index in [0.29, 0.717) is 5.15 Å². The van der Waals surface area contributed by atoms with Crippen molar-refractivity contribution in [2.24, 2.45) is 0 Å². The lowest BCUT2D eigenvalue weighted by Gasteiger charge is -2.10. The summed E-state index contributed by atoms with van der Waals surface area (Å²) < 4.78 is 0. The highest BCUT2D eigenvalue weighted by molar-refractivity contribution is 7.12. The summed E-state index contributed by atoms with van der Waals surface area (Å²) >= 11 is 7.95. The Kier molecular flexibility index (Phi) is 4.77. The van der Waals surface area contributed by atoms with Gasteiger partial charge in [0.05, 0.1) is 6.54 Å². The van der Waals surface area contributed by atoms with Crippen molar-refractivity contribution in [3.8, 4) is 0 Å².